The summed E-state index contributed by atoms with van der Waals surface area (Å²) in [5.41, 5.74) is 0.0270. The minimum atomic E-state index is -4.88. The number of ether oxygens (including phenoxy) is 1. The van der Waals surface area contributed by atoms with Crippen molar-refractivity contribution in [2.24, 2.45) is 0 Å². The van der Waals surface area contributed by atoms with Gasteiger partial charge in [0.2, 0.25) is 0 Å². The fourth-order valence-electron chi connectivity index (χ4n) is 1.68. The molecule has 0 saturated carbocycles. The molecule has 1 unspecified atom stereocenters. The third-order valence-corrected chi connectivity index (χ3v) is 2.38. The summed E-state index contributed by atoms with van der Waals surface area (Å²) < 4.78 is 42.9. The van der Waals surface area contributed by atoms with Crippen LogP contribution >= 0.6 is 0 Å². The van der Waals surface area contributed by atoms with Crippen molar-refractivity contribution in [1.29, 1.82) is 0 Å². The highest BCUT2D eigenvalue weighted by Crippen LogP contribution is 2.45. The van der Waals surface area contributed by atoms with Crippen LogP contribution in [0, 0.1) is 0 Å². The van der Waals surface area contributed by atoms with E-state index in [0.717, 1.165) is 0 Å². The number of benzene rings is 1. The van der Waals surface area contributed by atoms with E-state index < -0.39 is 12.0 Å². The van der Waals surface area contributed by atoms with E-state index in [2.05, 4.69) is 4.74 Å². The van der Waals surface area contributed by atoms with Crippen LogP contribution in [0.3, 0.4) is 0 Å². The molecule has 0 fully saturated rings. The van der Waals surface area contributed by atoms with Crippen molar-refractivity contribution in [2.75, 3.05) is 0 Å². The van der Waals surface area contributed by atoms with Crippen molar-refractivity contribution in [3.63, 3.8) is 0 Å². The molecule has 0 aromatic heterocycles. The molecule has 1 aromatic rings. The molecule has 0 radical (unpaired) electrons. The molecular formula is C11H9F3O2. The number of rotatable bonds is 0. The first kappa shape index (κ1) is 11.0. The maximum atomic E-state index is 12.8. The highest BCUT2D eigenvalue weighted by molar-refractivity contribution is 5.58. The van der Waals surface area contributed by atoms with Gasteiger partial charge in [0, 0.05) is 5.56 Å². The minimum Gasteiger partial charge on any atom is -0.455 e. The Morgan fingerprint density at radius 2 is 1.88 bits per heavy atom. The van der Waals surface area contributed by atoms with Crippen molar-refractivity contribution in [2.45, 2.75) is 18.9 Å². The summed E-state index contributed by atoms with van der Waals surface area (Å²) >= 11 is 0. The molecule has 1 aromatic carbocycles. The quantitative estimate of drug-likeness (QED) is 0.742. The molecule has 0 saturated heterocycles. The lowest BCUT2D eigenvalue weighted by molar-refractivity contribution is -0.364. The Hall–Kier alpha value is -1.49. The van der Waals surface area contributed by atoms with Crippen molar-refractivity contribution < 1.29 is 23.0 Å². The first-order chi connectivity index (χ1) is 7.34. The predicted octanol–water partition coefficient (Wildman–Crippen LogP) is 2.79. The van der Waals surface area contributed by atoms with Crippen LogP contribution in [0.5, 0.6) is 0 Å². The fourth-order valence-corrected chi connectivity index (χ4v) is 1.68. The lowest BCUT2D eigenvalue weighted by atomic mass is 9.96. The third-order valence-electron chi connectivity index (χ3n) is 2.38. The number of hydrogen-bond acceptors (Lipinski definition) is 2. The molecule has 5 heteroatoms. The van der Waals surface area contributed by atoms with Crippen LogP contribution < -0.4 is 0 Å². The molecule has 1 atom stereocenters. The van der Waals surface area contributed by atoms with E-state index in [1.165, 1.54) is 31.2 Å². The molecule has 2 nitrogen and oxygen atoms in total. The average molecular weight is 230 g/mol. The Labute approximate surface area is 90.0 Å². The summed E-state index contributed by atoms with van der Waals surface area (Å²) in [4.78, 5) is 0. The lowest BCUT2D eigenvalue weighted by Crippen LogP contribution is -2.46. The highest BCUT2D eigenvalue weighted by Gasteiger charge is 2.59. The summed E-state index contributed by atoms with van der Waals surface area (Å²) in [6.45, 7) is 1.37. The molecule has 1 heterocycles. The summed E-state index contributed by atoms with van der Waals surface area (Å²) in [6, 6.07) is 5.72. The largest absolute Gasteiger partial charge is 0.460 e. The molecular weight excluding hydrogens is 221 g/mol. The Kier molecular flexibility index (Phi) is 2.24. The second kappa shape index (κ2) is 3.25. The molecule has 1 N–H and O–H groups in total. The smallest absolute Gasteiger partial charge is 0.455 e. The van der Waals surface area contributed by atoms with Crippen LogP contribution in [0.2, 0.25) is 0 Å². The van der Waals surface area contributed by atoms with Gasteiger partial charge in [0.15, 0.2) is 0 Å². The van der Waals surface area contributed by atoms with E-state index in [9.17, 15) is 18.3 Å². The van der Waals surface area contributed by atoms with E-state index >= 15 is 0 Å². The molecule has 0 spiro atoms. The Bertz CT molecular complexity index is 451. The van der Waals surface area contributed by atoms with Gasteiger partial charge in [0.1, 0.15) is 0 Å². The zero-order valence-electron chi connectivity index (χ0n) is 8.38. The molecule has 2 rings (SSSR count). The number of allylic oxidation sites excluding steroid dienone is 1. The maximum absolute atomic E-state index is 12.8. The molecule has 86 valence electrons. The molecule has 16 heavy (non-hydrogen) atoms. The summed E-state index contributed by atoms with van der Waals surface area (Å²) in [5.74, 6) is -3.22. The SMILES string of the molecule is CC1=Cc2ccccc2C(O)(C(F)(F)F)O1. The normalized spacial score (nSPS) is 24.4. The first-order valence-corrected chi connectivity index (χ1v) is 4.60. The van der Waals surface area contributed by atoms with E-state index in [1.54, 1.807) is 6.07 Å². The van der Waals surface area contributed by atoms with Crippen LogP contribution in [0.15, 0.2) is 30.0 Å². The van der Waals surface area contributed by atoms with E-state index in [1.807, 2.05) is 0 Å². The number of aliphatic hydroxyl groups is 1. The summed E-state index contributed by atoms with van der Waals surface area (Å²) in [7, 11) is 0. The zero-order valence-corrected chi connectivity index (χ0v) is 8.38. The van der Waals surface area contributed by atoms with Crippen LogP contribution in [-0.2, 0) is 10.5 Å². The second-order valence-electron chi connectivity index (χ2n) is 3.59. The topological polar surface area (TPSA) is 29.5 Å². The highest BCUT2D eigenvalue weighted by atomic mass is 19.4. The van der Waals surface area contributed by atoms with Gasteiger partial charge in [-0.25, -0.2) is 0 Å². The Morgan fingerprint density at radius 3 is 2.50 bits per heavy atom. The van der Waals surface area contributed by atoms with Crippen LogP contribution in [-0.4, -0.2) is 11.3 Å². The first-order valence-electron chi connectivity index (χ1n) is 4.60. The Morgan fingerprint density at radius 1 is 1.25 bits per heavy atom. The van der Waals surface area contributed by atoms with Gasteiger partial charge in [-0.15, -0.1) is 0 Å². The van der Waals surface area contributed by atoms with E-state index in [-0.39, 0.29) is 11.3 Å². The van der Waals surface area contributed by atoms with Crippen LogP contribution in [0.25, 0.3) is 6.08 Å². The van der Waals surface area contributed by atoms with Crippen LogP contribution in [0.4, 0.5) is 13.2 Å². The number of halogens is 3. The van der Waals surface area contributed by atoms with Gasteiger partial charge in [-0.2, -0.15) is 13.2 Å². The van der Waals surface area contributed by atoms with Crippen molar-refractivity contribution in [3.05, 3.63) is 41.2 Å². The second-order valence-corrected chi connectivity index (χ2v) is 3.59. The van der Waals surface area contributed by atoms with Gasteiger partial charge in [-0.05, 0) is 18.6 Å². The molecule has 0 bridgehead atoms. The molecule has 1 aliphatic rings. The fraction of sp³-hybridized carbons (Fsp3) is 0.273. The van der Waals surface area contributed by atoms with E-state index in [0.29, 0.717) is 5.56 Å². The van der Waals surface area contributed by atoms with E-state index in [4.69, 9.17) is 0 Å². The van der Waals surface area contributed by atoms with Crippen LogP contribution in [0.1, 0.15) is 18.1 Å². The zero-order chi connectivity index (χ0) is 12.0. The average Bonchev–Trinajstić information content (AvgIpc) is 2.15. The number of alkyl halides is 3. The minimum absolute atomic E-state index is 0.0264. The standard InChI is InChI=1S/C11H9F3O2/c1-7-6-8-4-2-3-5-9(8)10(15,16-7)11(12,13)14/h2-6,15H,1H3. The van der Waals surface area contributed by atoms with Gasteiger partial charge in [-0.1, -0.05) is 24.3 Å². The van der Waals surface area contributed by atoms with Gasteiger partial charge in [0.05, 0.1) is 5.76 Å². The van der Waals surface area contributed by atoms with Gasteiger partial charge < -0.3 is 9.84 Å². The number of hydrogen-bond donors (Lipinski definition) is 1. The third kappa shape index (κ3) is 1.48. The molecule has 0 amide bonds. The van der Waals surface area contributed by atoms with Crippen molar-refractivity contribution in [3.8, 4) is 0 Å². The summed E-state index contributed by atoms with van der Waals surface area (Å²) in [5, 5.41) is 9.64. The van der Waals surface area contributed by atoms with Gasteiger partial charge in [0.25, 0.3) is 0 Å². The van der Waals surface area contributed by atoms with Crippen molar-refractivity contribution >= 4 is 6.08 Å². The monoisotopic (exact) mass is 230 g/mol. The van der Waals surface area contributed by atoms with Gasteiger partial charge >= 0.3 is 12.0 Å². The van der Waals surface area contributed by atoms with Crippen molar-refractivity contribution in [1.82, 2.24) is 0 Å². The molecule has 0 aliphatic carbocycles. The number of fused-ring (bicyclic) bond motifs is 1. The summed E-state index contributed by atoms with van der Waals surface area (Å²) in [6.07, 6.45) is -3.42. The lowest BCUT2D eigenvalue weighted by Gasteiger charge is -2.35. The maximum Gasteiger partial charge on any atom is 0.460 e. The Balaban J connectivity index is 2.64. The predicted molar refractivity (Wildman–Crippen MR) is 51.1 cm³/mol. The van der Waals surface area contributed by atoms with Gasteiger partial charge in [-0.3, -0.25) is 0 Å². The molecule has 1 aliphatic heterocycles.